The summed E-state index contributed by atoms with van der Waals surface area (Å²) in [5.41, 5.74) is 1.23. The summed E-state index contributed by atoms with van der Waals surface area (Å²) in [6.07, 6.45) is 0. The van der Waals surface area contributed by atoms with Crippen molar-refractivity contribution in [3.05, 3.63) is 76.0 Å². The average molecular weight is 365 g/mol. The first-order valence-corrected chi connectivity index (χ1v) is 8.44. The van der Waals surface area contributed by atoms with Crippen LogP contribution in [-0.4, -0.2) is 32.3 Å². The van der Waals surface area contributed by atoms with Gasteiger partial charge in [0.2, 0.25) is 0 Å². The van der Waals surface area contributed by atoms with Crippen LogP contribution >= 0.6 is 0 Å². The molecule has 0 fully saturated rings. The van der Waals surface area contributed by atoms with Crippen LogP contribution in [0.2, 0.25) is 0 Å². The maximum atomic E-state index is 13.4. The van der Waals surface area contributed by atoms with E-state index in [4.69, 9.17) is 0 Å². The van der Waals surface area contributed by atoms with E-state index in [1.165, 1.54) is 22.7 Å². The van der Waals surface area contributed by atoms with Crippen LogP contribution in [0.25, 0.3) is 16.6 Å². The molecule has 4 aromatic rings. The maximum Gasteiger partial charge on any atom is 0.277 e. The Morgan fingerprint density at radius 1 is 1.26 bits per heavy atom. The van der Waals surface area contributed by atoms with E-state index >= 15 is 0 Å². The van der Waals surface area contributed by atoms with E-state index in [9.17, 15) is 14.0 Å². The molecule has 1 amide bonds. The van der Waals surface area contributed by atoms with Crippen LogP contribution in [0.3, 0.4) is 0 Å². The molecule has 8 heteroatoms. The number of aromatic amines is 1. The zero-order valence-corrected chi connectivity index (χ0v) is 14.4. The highest BCUT2D eigenvalue weighted by molar-refractivity contribution is 5.99. The molecule has 0 aliphatic heterocycles. The van der Waals surface area contributed by atoms with E-state index in [2.05, 4.69) is 20.6 Å². The third kappa shape index (κ3) is 3.05. The molecular formula is C19H16FN5O2. The Bertz CT molecular complexity index is 1200. The van der Waals surface area contributed by atoms with E-state index in [0.29, 0.717) is 12.1 Å². The van der Waals surface area contributed by atoms with Gasteiger partial charge in [0.1, 0.15) is 5.82 Å². The van der Waals surface area contributed by atoms with Crippen molar-refractivity contribution in [1.29, 1.82) is 0 Å². The molecule has 0 radical (unpaired) electrons. The predicted octanol–water partition coefficient (Wildman–Crippen LogP) is 2.24. The first-order chi connectivity index (χ1) is 13.0. The minimum Gasteiger partial charge on any atom is -0.350 e. The number of halogens is 1. The summed E-state index contributed by atoms with van der Waals surface area (Å²) in [7, 11) is 0. The Balaban J connectivity index is 1.65. The number of carbonyl (C=O) groups excluding carboxylic acids is 1. The van der Waals surface area contributed by atoms with Gasteiger partial charge in [0, 0.05) is 6.54 Å². The van der Waals surface area contributed by atoms with Crippen molar-refractivity contribution in [2.75, 3.05) is 6.54 Å². The number of nitrogens with one attached hydrogen (secondary N) is 2. The summed E-state index contributed by atoms with van der Waals surface area (Å²) in [4.78, 5) is 27.5. The van der Waals surface area contributed by atoms with Crippen LogP contribution in [0.4, 0.5) is 4.39 Å². The fourth-order valence-electron chi connectivity index (χ4n) is 3.01. The van der Waals surface area contributed by atoms with Crippen LogP contribution in [0, 0.1) is 5.82 Å². The number of rotatable bonds is 4. The molecule has 27 heavy (non-hydrogen) atoms. The fourth-order valence-corrected chi connectivity index (χ4v) is 3.01. The van der Waals surface area contributed by atoms with Gasteiger partial charge in [-0.1, -0.05) is 42.5 Å². The van der Waals surface area contributed by atoms with Gasteiger partial charge >= 0.3 is 0 Å². The summed E-state index contributed by atoms with van der Waals surface area (Å²) in [5.74, 6) is -0.871. The number of hydrogen-bond acceptors (Lipinski definition) is 4. The molecule has 0 spiro atoms. The van der Waals surface area contributed by atoms with E-state index in [0.717, 1.165) is 5.56 Å². The highest BCUT2D eigenvalue weighted by atomic mass is 19.1. The number of aromatic nitrogens is 4. The quantitative estimate of drug-likeness (QED) is 0.580. The van der Waals surface area contributed by atoms with Crippen molar-refractivity contribution in [3.8, 4) is 0 Å². The van der Waals surface area contributed by atoms with E-state index < -0.39 is 17.3 Å². The molecule has 0 aliphatic carbocycles. The summed E-state index contributed by atoms with van der Waals surface area (Å²) >= 11 is 0. The van der Waals surface area contributed by atoms with Crippen LogP contribution in [0.1, 0.15) is 28.9 Å². The van der Waals surface area contributed by atoms with Crippen molar-refractivity contribution in [2.24, 2.45) is 0 Å². The van der Waals surface area contributed by atoms with E-state index in [1.807, 2.05) is 37.3 Å². The lowest BCUT2D eigenvalue weighted by Gasteiger charge is -2.12. The zero-order valence-electron chi connectivity index (χ0n) is 14.4. The first kappa shape index (κ1) is 16.9. The molecule has 2 aromatic heterocycles. The highest BCUT2D eigenvalue weighted by Crippen LogP contribution is 2.15. The Kier molecular flexibility index (Phi) is 4.15. The summed E-state index contributed by atoms with van der Waals surface area (Å²) < 4.78 is 14.6. The van der Waals surface area contributed by atoms with Crippen molar-refractivity contribution in [2.45, 2.75) is 12.8 Å². The van der Waals surface area contributed by atoms with Crippen LogP contribution in [0.5, 0.6) is 0 Å². The molecule has 1 atom stereocenters. The Hall–Kier alpha value is -3.55. The highest BCUT2D eigenvalue weighted by Gasteiger charge is 2.20. The number of benzene rings is 2. The molecule has 0 unspecified atom stereocenters. The molecule has 2 N–H and O–H groups in total. The van der Waals surface area contributed by atoms with Gasteiger partial charge in [0.15, 0.2) is 11.2 Å². The van der Waals surface area contributed by atoms with Gasteiger partial charge in [-0.2, -0.15) is 0 Å². The Morgan fingerprint density at radius 3 is 2.81 bits per heavy atom. The molecule has 2 aromatic carbocycles. The normalized spacial score (nSPS) is 12.4. The van der Waals surface area contributed by atoms with Crippen molar-refractivity contribution < 1.29 is 9.18 Å². The lowest BCUT2D eigenvalue weighted by atomic mass is 10.0. The minimum atomic E-state index is -0.556. The van der Waals surface area contributed by atoms with Gasteiger partial charge in [0.05, 0.1) is 11.0 Å². The second kappa shape index (κ2) is 6.64. The van der Waals surface area contributed by atoms with E-state index in [-0.39, 0.29) is 22.6 Å². The maximum absolute atomic E-state index is 13.4. The molecular weight excluding hydrogens is 349 g/mol. The van der Waals surface area contributed by atoms with Gasteiger partial charge in [-0.05, 0) is 29.7 Å². The van der Waals surface area contributed by atoms with Crippen LogP contribution in [0.15, 0.2) is 53.3 Å². The Labute approximate surface area is 152 Å². The first-order valence-electron chi connectivity index (χ1n) is 8.44. The second-order valence-electron chi connectivity index (χ2n) is 6.34. The number of H-pyrrole nitrogens is 1. The van der Waals surface area contributed by atoms with Crippen LogP contribution in [-0.2, 0) is 0 Å². The van der Waals surface area contributed by atoms with Crippen molar-refractivity contribution in [3.63, 3.8) is 0 Å². The molecule has 4 rings (SSSR count). The molecule has 0 bridgehead atoms. The topological polar surface area (TPSA) is 92.2 Å². The molecule has 0 saturated heterocycles. The Morgan fingerprint density at radius 2 is 2.04 bits per heavy atom. The van der Waals surface area contributed by atoms with E-state index in [1.54, 1.807) is 0 Å². The standard InChI is InChI=1S/C19H16FN5O2/c1-11(12-5-3-2-4-6-12)10-21-18(26)16-17-19(27)22-14-9-13(20)7-8-15(14)25(17)24-23-16/h2-9,11H,10H2,1H3,(H,21,26)(H,22,27)/t11-/m1/s1. The summed E-state index contributed by atoms with van der Waals surface area (Å²) in [6, 6.07) is 13.7. The summed E-state index contributed by atoms with van der Waals surface area (Å²) in [6.45, 7) is 2.38. The molecule has 7 nitrogen and oxygen atoms in total. The largest absolute Gasteiger partial charge is 0.350 e. The molecule has 0 saturated carbocycles. The predicted molar refractivity (Wildman–Crippen MR) is 98.3 cm³/mol. The molecule has 2 heterocycles. The summed E-state index contributed by atoms with van der Waals surface area (Å²) in [5, 5.41) is 10.6. The lowest BCUT2D eigenvalue weighted by Crippen LogP contribution is -2.29. The van der Waals surface area contributed by atoms with Gasteiger partial charge in [0.25, 0.3) is 11.5 Å². The zero-order chi connectivity index (χ0) is 19.0. The number of hydrogen-bond donors (Lipinski definition) is 2. The number of amides is 1. The van der Waals surface area contributed by atoms with Gasteiger partial charge in [-0.15, -0.1) is 5.10 Å². The van der Waals surface area contributed by atoms with Crippen molar-refractivity contribution in [1.82, 2.24) is 25.1 Å². The van der Waals surface area contributed by atoms with Crippen LogP contribution < -0.4 is 10.9 Å². The average Bonchev–Trinajstić information content (AvgIpc) is 3.12. The van der Waals surface area contributed by atoms with Crippen molar-refractivity contribution >= 4 is 22.5 Å². The fraction of sp³-hybridized carbons (Fsp3) is 0.158. The number of fused-ring (bicyclic) bond motifs is 3. The van der Waals surface area contributed by atoms with Gasteiger partial charge in [-0.3, -0.25) is 9.59 Å². The molecule has 136 valence electrons. The smallest absolute Gasteiger partial charge is 0.277 e. The van der Waals surface area contributed by atoms with Gasteiger partial charge in [-0.25, -0.2) is 8.91 Å². The minimum absolute atomic E-state index is 0.0268. The monoisotopic (exact) mass is 365 g/mol. The second-order valence-corrected chi connectivity index (χ2v) is 6.34. The third-order valence-electron chi connectivity index (χ3n) is 4.47. The SMILES string of the molecule is C[C@H](CNC(=O)c1nnn2c1c(=O)[nH]c1cc(F)ccc12)c1ccccc1. The number of nitrogens with zero attached hydrogens (tertiary/aromatic N) is 3. The molecule has 0 aliphatic rings. The number of carbonyl (C=O) groups is 1. The lowest BCUT2D eigenvalue weighted by molar-refractivity contribution is 0.0948. The van der Waals surface area contributed by atoms with Gasteiger partial charge < -0.3 is 10.3 Å². The third-order valence-corrected chi connectivity index (χ3v) is 4.47.